The van der Waals surface area contributed by atoms with Gasteiger partial charge in [-0.15, -0.1) is 11.3 Å². The molecule has 0 radical (unpaired) electrons. The van der Waals surface area contributed by atoms with Gasteiger partial charge in [0, 0.05) is 21.5 Å². The minimum atomic E-state index is -0.545. The second-order valence-corrected chi connectivity index (χ2v) is 6.81. The van der Waals surface area contributed by atoms with E-state index in [4.69, 9.17) is 16.3 Å². The molecular formula is C19H15ClFNO2S. The Kier molecular flexibility index (Phi) is 5.46. The van der Waals surface area contributed by atoms with Crippen LogP contribution in [0.3, 0.4) is 0 Å². The number of nitrogens with zero attached hydrogens (tertiary/aromatic N) is 1. The third-order valence-corrected chi connectivity index (χ3v) is 4.91. The van der Waals surface area contributed by atoms with Crippen molar-refractivity contribution in [2.75, 3.05) is 0 Å². The summed E-state index contributed by atoms with van der Waals surface area (Å²) in [5.41, 5.74) is 3.01. The molecule has 0 amide bonds. The predicted molar refractivity (Wildman–Crippen MR) is 97.2 cm³/mol. The van der Waals surface area contributed by atoms with Crippen LogP contribution in [0.15, 0.2) is 47.8 Å². The Balaban J connectivity index is 1.60. The zero-order valence-corrected chi connectivity index (χ0v) is 15.0. The number of hydrogen-bond donors (Lipinski definition) is 0. The van der Waals surface area contributed by atoms with Gasteiger partial charge in [-0.1, -0.05) is 47.5 Å². The van der Waals surface area contributed by atoms with Crippen molar-refractivity contribution in [3.63, 3.8) is 0 Å². The summed E-state index contributed by atoms with van der Waals surface area (Å²) >= 11 is 7.40. The lowest BCUT2D eigenvalue weighted by Gasteiger charge is -2.06. The molecule has 2 aromatic carbocycles. The van der Waals surface area contributed by atoms with Crippen LogP contribution in [0, 0.1) is 12.7 Å². The second-order valence-electron chi connectivity index (χ2n) is 5.55. The molecule has 0 fully saturated rings. The van der Waals surface area contributed by atoms with E-state index in [-0.39, 0.29) is 23.6 Å². The average molecular weight is 376 g/mol. The molecule has 128 valence electrons. The van der Waals surface area contributed by atoms with Gasteiger partial charge in [-0.05, 0) is 19.1 Å². The quantitative estimate of drug-likeness (QED) is 0.575. The minimum Gasteiger partial charge on any atom is -0.459 e. The number of benzene rings is 2. The van der Waals surface area contributed by atoms with E-state index in [0.717, 1.165) is 10.6 Å². The van der Waals surface area contributed by atoms with E-state index in [9.17, 15) is 9.18 Å². The molecule has 0 aliphatic carbocycles. The third kappa shape index (κ3) is 4.44. The molecule has 0 spiro atoms. The second kappa shape index (κ2) is 7.76. The van der Waals surface area contributed by atoms with Crippen LogP contribution in [-0.2, 0) is 22.6 Å². The Morgan fingerprint density at radius 3 is 2.72 bits per heavy atom. The molecule has 1 heterocycles. The lowest BCUT2D eigenvalue weighted by Crippen LogP contribution is -2.09. The molecule has 6 heteroatoms. The SMILES string of the molecule is Cc1ccc(-c2nc(COC(=O)Cc3c(F)cccc3Cl)cs2)cc1. The van der Waals surface area contributed by atoms with Crippen molar-refractivity contribution >= 4 is 28.9 Å². The number of aromatic nitrogens is 1. The zero-order chi connectivity index (χ0) is 17.8. The highest BCUT2D eigenvalue weighted by Gasteiger charge is 2.14. The largest absolute Gasteiger partial charge is 0.459 e. The summed E-state index contributed by atoms with van der Waals surface area (Å²) in [5.74, 6) is -1.06. The summed E-state index contributed by atoms with van der Waals surface area (Å²) in [6, 6.07) is 12.4. The average Bonchev–Trinajstić information content (AvgIpc) is 3.06. The van der Waals surface area contributed by atoms with E-state index in [1.807, 2.05) is 36.6 Å². The van der Waals surface area contributed by atoms with E-state index < -0.39 is 11.8 Å². The van der Waals surface area contributed by atoms with Crippen molar-refractivity contribution in [2.45, 2.75) is 20.0 Å². The first-order valence-electron chi connectivity index (χ1n) is 7.63. The van der Waals surface area contributed by atoms with Crippen LogP contribution in [0.2, 0.25) is 5.02 Å². The number of thiazole rings is 1. The molecule has 25 heavy (non-hydrogen) atoms. The predicted octanol–water partition coefficient (Wildman–Crippen LogP) is 5.20. The molecule has 0 saturated heterocycles. The number of hydrogen-bond acceptors (Lipinski definition) is 4. The Bertz CT molecular complexity index is 872. The topological polar surface area (TPSA) is 39.2 Å². The van der Waals surface area contributed by atoms with Gasteiger partial charge in [-0.3, -0.25) is 4.79 Å². The molecule has 0 aliphatic rings. The Hall–Kier alpha value is -2.24. The van der Waals surface area contributed by atoms with Crippen molar-refractivity contribution in [1.82, 2.24) is 4.98 Å². The third-order valence-electron chi connectivity index (χ3n) is 3.61. The molecule has 3 aromatic rings. The minimum absolute atomic E-state index is 0.0489. The summed E-state index contributed by atoms with van der Waals surface area (Å²) in [6.07, 6.45) is -0.208. The lowest BCUT2D eigenvalue weighted by atomic mass is 10.1. The fourth-order valence-electron chi connectivity index (χ4n) is 2.25. The van der Waals surface area contributed by atoms with Gasteiger partial charge < -0.3 is 4.74 Å². The molecule has 3 rings (SSSR count). The highest BCUT2D eigenvalue weighted by atomic mass is 35.5. The number of aryl methyl sites for hydroxylation is 1. The first kappa shape index (κ1) is 17.6. The smallest absolute Gasteiger partial charge is 0.310 e. The molecule has 0 atom stereocenters. The number of esters is 1. The highest BCUT2D eigenvalue weighted by molar-refractivity contribution is 7.13. The monoisotopic (exact) mass is 375 g/mol. The Labute approximate surface area is 154 Å². The maximum Gasteiger partial charge on any atom is 0.310 e. The lowest BCUT2D eigenvalue weighted by molar-refractivity contribution is -0.144. The molecular weight excluding hydrogens is 361 g/mol. The van der Waals surface area contributed by atoms with Crippen molar-refractivity contribution in [3.05, 3.63) is 75.5 Å². The molecule has 0 unspecified atom stereocenters. The van der Waals surface area contributed by atoms with Gasteiger partial charge in [0.25, 0.3) is 0 Å². The molecule has 0 bridgehead atoms. The highest BCUT2D eigenvalue weighted by Crippen LogP contribution is 2.24. The van der Waals surface area contributed by atoms with Gasteiger partial charge in [0.2, 0.25) is 0 Å². The van der Waals surface area contributed by atoms with E-state index in [2.05, 4.69) is 4.98 Å². The van der Waals surface area contributed by atoms with E-state index >= 15 is 0 Å². The van der Waals surface area contributed by atoms with Crippen LogP contribution >= 0.6 is 22.9 Å². The van der Waals surface area contributed by atoms with Crippen LogP contribution < -0.4 is 0 Å². The maximum absolute atomic E-state index is 13.7. The van der Waals surface area contributed by atoms with Crippen LogP contribution in [0.25, 0.3) is 10.6 Å². The summed E-state index contributed by atoms with van der Waals surface area (Å²) < 4.78 is 18.9. The normalized spacial score (nSPS) is 10.7. The molecule has 1 aromatic heterocycles. The number of halogens is 2. The van der Waals surface area contributed by atoms with Gasteiger partial charge in [-0.25, -0.2) is 9.37 Å². The summed E-state index contributed by atoms with van der Waals surface area (Å²) in [6.45, 7) is 2.08. The van der Waals surface area contributed by atoms with Crippen molar-refractivity contribution < 1.29 is 13.9 Å². The van der Waals surface area contributed by atoms with E-state index in [1.54, 1.807) is 6.07 Å². The van der Waals surface area contributed by atoms with Gasteiger partial charge in [-0.2, -0.15) is 0 Å². The number of rotatable bonds is 5. The van der Waals surface area contributed by atoms with Crippen LogP contribution in [0.5, 0.6) is 0 Å². The first-order chi connectivity index (χ1) is 12.0. The first-order valence-corrected chi connectivity index (χ1v) is 8.88. The molecule has 0 aliphatic heterocycles. The van der Waals surface area contributed by atoms with Gasteiger partial charge in [0.15, 0.2) is 0 Å². The zero-order valence-electron chi connectivity index (χ0n) is 13.5. The molecule has 3 nitrogen and oxygen atoms in total. The van der Waals surface area contributed by atoms with Gasteiger partial charge >= 0.3 is 5.97 Å². The van der Waals surface area contributed by atoms with Crippen molar-refractivity contribution in [3.8, 4) is 10.6 Å². The summed E-state index contributed by atoms with van der Waals surface area (Å²) in [7, 11) is 0. The van der Waals surface area contributed by atoms with Crippen LogP contribution in [-0.4, -0.2) is 11.0 Å². The fourth-order valence-corrected chi connectivity index (χ4v) is 3.29. The number of carbonyl (C=O) groups is 1. The standard InChI is InChI=1S/C19H15ClFNO2S/c1-12-5-7-13(8-6-12)19-22-14(11-25-19)10-24-18(23)9-15-16(20)3-2-4-17(15)21/h2-8,11H,9-10H2,1H3. The van der Waals surface area contributed by atoms with Gasteiger partial charge in [0.1, 0.15) is 17.4 Å². The van der Waals surface area contributed by atoms with E-state index in [0.29, 0.717) is 5.69 Å². The number of carbonyl (C=O) groups excluding carboxylic acids is 1. The van der Waals surface area contributed by atoms with Gasteiger partial charge in [0.05, 0.1) is 12.1 Å². The van der Waals surface area contributed by atoms with E-state index in [1.165, 1.54) is 29.0 Å². The summed E-state index contributed by atoms with van der Waals surface area (Å²) in [5, 5.41) is 2.92. The fraction of sp³-hybridized carbons (Fsp3) is 0.158. The van der Waals surface area contributed by atoms with Crippen LogP contribution in [0.1, 0.15) is 16.8 Å². The summed E-state index contributed by atoms with van der Waals surface area (Å²) in [4.78, 5) is 16.4. The van der Waals surface area contributed by atoms with Crippen molar-refractivity contribution in [1.29, 1.82) is 0 Å². The van der Waals surface area contributed by atoms with Crippen LogP contribution in [0.4, 0.5) is 4.39 Å². The Morgan fingerprint density at radius 1 is 1.24 bits per heavy atom. The molecule has 0 N–H and O–H groups in total. The Morgan fingerprint density at radius 2 is 2.00 bits per heavy atom. The molecule has 0 saturated carbocycles. The maximum atomic E-state index is 13.7. The number of ether oxygens (including phenoxy) is 1. The van der Waals surface area contributed by atoms with Crippen molar-refractivity contribution in [2.24, 2.45) is 0 Å².